The van der Waals surface area contributed by atoms with Crippen molar-refractivity contribution in [2.75, 3.05) is 13.1 Å². The van der Waals surface area contributed by atoms with Crippen LogP contribution < -0.4 is 10.6 Å². The molecule has 2 N–H and O–H groups in total. The Hall–Kier alpha value is -1.44. The fourth-order valence-corrected chi connectivity index (χ4v) is 2.95. The number of nitrogens with zero attached hydrogens (tertiary/aromatic N) is 3. The Labute approximate surface area is 133 Å². The van der Waals surface area contributed by atoms with Gasteiger partial charge in [-0.25, -0.2) is 4.68 Å². The Morgan fingerprint density at radius 2 is 2.29 bits per heavy atom. The first-order chi connectivity index (χ1) is 9.83. The average Bonchev–Trinajstić information content (AvgIpc) is 3.17. The Morgan fingerprint density at radius 1 is 1.48 bits per heavy atom. The number of aromatic nitrogens is 3. The van der Waals surface area contributed by atoms with Crippen molar-refractivity contribution in [2.45, 2.75) is 25.4 Å². The van der Waals surface area contributed by atoms with Crippen LogP contribution in [0.1, 0.15) is 34.2 Å². The molecular weight excluding hydrogens is 310 g/mol. The Kier molecular flexibility index (Phi) is 5.72. The number of hydrogen-bond acceptors (Lipinski definition) is 5. The third-order valence-electron chi connectivity index (χ3n) is 3.43. The van der Waals surface area contributed by atoms with Crippen molar-refractivity contribution >= 4 is 29.7 Å². The van der Waals surface area contributed by atoms with Crippen LogP contribution in [0, 0.1) is 0 Å². The highest BCUT2D eigenvalue weighted by molar-refractivity contribution is 7.09. The maximum absolute atomic E-state index is 12.0. The number of hydrogen-bond donors (Lipinski definition) is 2. The molecule has 8 heteroatoms. The van der Waals surface area contributed by atoms with E-state index in [0.717, 1.165) is 30.8 Å². The highest BCUT2D eigenvalue weighted by Crippen LogP contribution is 2.17. The summed E-state index contributed by atoms with van der Waals surface area (Å²) in [5, 5.41) is 16.2. The van der Waals surface area contributed by atoms with Gasteiger partial charge >= 0.3 is 0 Å². The lowest BCUT2D eigenvalue weighted by Gasteiger charge is -2.22. The van der Waals surface area contributed by atoms with Gasteiger partial charge in [0.2, 0.25) is 0 Å². The molecule has 6 nitrogen and oxygen atoms in total. The van der Waals surface area contributed by atoms with Crippen LogP contribution >= 0.6 is 23.7 Å². The van der Waals surface area contributed by atoms with Crippen molar-refractivity contribution < 1.29 is 4.79 Å². The first-order valence-electron chi connectivity index (χ1n) is 6.76. The predicted molar refractivity (Wildman–Crippen MR) is 83.9 cm³/mol. The number of rotatable bonds is 4. The molecule has 0 radical (unpaired) electrons. The van der Waals surface area contributed by atoms with Crippen LogP contribution in [0.15, 0.2) is 23.7 Å². The monoisotopic (exact) mass is 327 g/mol. The summed E-state index contributed by atoms with van der Waals surface area (Å²) in [7, 11) is 0. The van der Waals surface area contributed by atoms with Gasteiger partial charge in [0, 0.05) is 4.88 Å². The number of piperidine rings is 1. The van der Waals surface area contributed by atoms with Gasteiger partial charge in [-0.2, -0.15) is 0 Å². The molecule has 1 saturated heterocycles. The molecule has 0 aromatic carbocycles. The van der Waals surface area contributed by atoms with E-state index in [4.69, 9.17) is 0 Å². The number of carbonyl (C=O) groups is 1. The predicted octanol–water partition coefficient (Wildman–Crippen LogP) is 1.62. The summed E-state index contributed by atoms with van der Waals surface area (Å²) in [6, 6.07) is 4.32. The van der Waals surface area contributed by atoms with Crippen LogP contribution in [-0.2, 0) is 6.54 Å². The molecule has 0 unspecified atom stereocenters. The van der Waals surface area contributed by atoms with Gasteiger partial charge in [0.25, 0.3) is 5.91 Å². The molecule has 2 aromatic rings. The minimum Gasteiger partial charge on any atom is -0.346 e. The maximum atomic E-state index is 12.0. The molecule has 1 aliphatic heterocycles. The zero-order chi connectivity index (χ0) is 13.8. The van der Waals surface area contributed by atoms with Crippen molar-refractivity contribution in [1.29, 1.82) is 0 Å². The Bertz CT molecular complexity index is 565. The van der Waals surface area contributed by atoms with E-state index in [1.165, 1.54) is 0 Å². The standard InChI is InChI=1S/C13H17N5OS.ClH/c19-13(15-8-11-2-1-7-20-11)12-9-18(17-16-12)10-3-5-14-6-4-10;/h1-2,7,9-10,14H,3-6,8H2,(H,15,19);1H. The van der Waals surface area contributed by atoms with Crippen LogP contribution in [0.3, 0.4) is 0 Å². The Balaban J connectivity index is 0.00000161. The van der Waals surface area contributed by atoms with E-state index in [-0.39, 0.29) is 18.3 Å². The van der Waals surface area contributed by atoms with Gasteiger partial charge in [-0.05, 0) is 37.4 Å². The lowest BCUT2D eigenvalue weighted by molar-refractivity contribution is 0.0946. The van der Waals surface area contributed by atoms with Gasteiger partial charge in [0.05, 0.1) is 18.8 Å². The minimum atomic E-state index is -0.168. The largest absolute Gasteiger partial charge is 0.346 e. The van der Waals surface area contributed by atoms with Crippen molar-refractivity contribution in [2.24, 2.45) is 0 Å². The summed E-state index contributed by atoms with van der Waals surface area (Å²) >= 11 is 1.63. The summed E-state index contributed by atoms with van der Waals surface area (Å²) in [5.41, 5.74) is 0.389. The molecule has 0 bridgehead atoms. The van der Waals surface area contributed by atoms with Gasteiger partial charge in [-0.3, -0.25) is 4.79 Å². The van der Waals surface area contributed by atoms with Crippen molar-refractivity contribution in [3.63, 3.8) is 0 Å². The van der Waals surface area contributed by atoms with E-state index in [1.807, 2.05) is 22.2 Å². The number of halogens is 1. The van der Waals surface area contributed by atoms with Crippen molar-refractivity contribution in [3.8, 4) is 0 Å². The zero-order valence-electron chi connectivity index (χ0n) is 11.5. The second-order valence-electron chi connectivity index (χ2n) is 4.83. The topological polar surface area (TPSA) is 71.8 Å². The first-order valence-corrected chi connectivity index (χ1v) is 7.64. The molecule has 114 valence electrons. The van der Waals surface area contributed by atoms with E-state index in [0.29, 0.717) is 18.3 Å². The second kappa shape index (κ2) is 7.53. The van der Waals surface area contributed by atoms with Crippen molar-refractivity contribution in [3.05, 3.63) is 34.3 Å². The van der Waals surface area contributed by atoms with Crippen molar-refractivity contribution in [1.82, 2.24) is 25.6 Å². The van der Waals surface area contributed by atoms with Gasteiger partial charge in [0.15, 0.2) is 5.69 Å². The molecule has 0 aliphatic carbocycles. The molecule has 1 amide bonds. The third kappa shape index (κ3) is 4.03. The smallest absolute Gasteiger partial charge is 0.273 e. The Morgan fingerprint density at radius 3 is 3.00 bits per heavy atom. The van der Waals surface area contributed by atoms with Crippen LogP contribution in [0.5, 0.6) is 0 Å². The van der Waals surface area contributed by atoms with Crippen LogP contribution in [-0.4, -0.2) is 34.0 Å². The lowest BCUT2D eigenvalue weighted by Crippen LogP contribution is -2.29. The molecule has 21 heavy (non-hydrogen) atoms. The molecule has 3 heterocycles. The van der Waals surface area contributed by atoms with E-state index >= 15 is 0 Å². The number of nitrogens with one attached hydrogen (secondary N) is 2. The molecule has 1 fully saturated rings. The van der Waals surface area contributed by atoms with E-state index in [1.54, 1.807) is 17.5 Å². The van der Waals surface area contributed by atoms with E-state index in [2.05, 4.69) is 20.9 Å². The normalized spacial score (nSPS) is 15.4. The van der Waals surface area contributed by atoms with Gasteiger partial charge in [0.1, 0.15) is 0 Å². The van der Waals surface area contributed by atoms with Gasteiger partial charge in [-0.1, -0.05) is 11.3 Å². The highest BCUT2D eigenvalue weighted by Gasteiger charge is 2.18. The number of carbonyl (C=O) groups excluding carboxylic acids is 1. The SMILES string of the molecule is Cl.O=C(NCc1cccs1)c1cn(C2CCNCC2)nn1. The first kappa shape index (κ1) is 15.9. The third-order valence-corrected chi connectivity index (χ3v) is 4.31. The fraction of sp³-hybridized carbons (Fsp3) is 0.462. The lowest BCUT2D eigenvalue weighted by atomic mass is 10.1. The maximum Gasteiger partial charge on any atom is 0.273 e. The summed E-state index contributed by atoms with van der Waals surface area (Å²) < 4.78 is 1.82. The van der Waals surface area contributed by atoms with Crippen LogP contribution in [0.2, 0.25) is 0 Å². The summed E-state index contributed by atoms with van der Waals surface area (Å²) in [5.74, 6) is -0.168. The minimum absolute atomic E-state index is 0. The van der Waals surface area contributed by atoms with Crippen LogP contribution in [0.25, 0.3) is 0 Å². The molecule has 3 rings (SSSR count). The van der Waals surface area contributed by atoms with Gasteiger partial charge in [-0.15, -0.1) is 28.8 Å². The zero-order valence-corrected chi connectivity index (χ0v) is 13.1. The number of thiophene rings is 1. The van der Waals surface area contributed by atoms with E-state index < -0.39 is 0 Å². The fourth-order valence-electron chi connectivity index (χ4n) is 2.30. The molecule has 0 atom stereocenters. The number of amides is 1. The van der Waals surface area contributed by atoms with Crippen LogP contribution in [0.4, 0.5) is 0 Å². The molecule has 1 aliphatic rings. The molecular formula is C13H18ClN5OS. The molecule has 0 spiro atoms. The summed E-state index contributed by atoms with van der Waals surface area (Å²) in [6.45, 7) is 2.52. The average molecular weight is 328 g/mol. The molecule has 0 saturated carbocycles. The summed E-state index contributed by atoms with van der Waals surface area (Å²) in [6.07, 6.45) is 3.80. The quantitative estimate of drug-likeness (QED) is 0.895. The highest BCUT2D eigenvalue weighted by atomic mass is 35.5. The molecule has 2 aromatic heterocycles. The summed E-state index contributed by atoms with van der Waals surface area (Å²) in [4.78, 5) is 13.1. The second-order valence-corrected chi connectivity index (χ2v) is 5.86. The van der Waals surface area contributed by atoms with Gasteiger partial charge < -0.3 is 10.6 Å². The van der Waals surface area contributed by atoms with E-state index in [9.17, 15) is 4.79 Å².